The molecule has 0 aliphatic heterocycles. The number of aryl methyl sites for hydroxylation is 1. The van der Waals surface area contributed by atoms with E-state index in [1.807, 2.05) is 13.8 Å². The van der Waals surface area contributed by atoms with Crippen LogP contribution in [0, 0.1) is 12.8 Å². The Bertz CT molecular complexity index is 428. The van der Waals surface area contributed by atoms with E-state index >= 15 is 0 Å². The Labute approximate surface area is 121 Å². The minimum absolute atomic E-state index is 0.00190. The summed E-state index contributed by atoms with van der Waals surface area (Å²) in [6.45, 7) is 6.37. The van der Waals surface area contributed by atoms with E-state index in [0.29, 0.717) is 12.5 Å². The van der Waals surface area contributed by atoms with Gasteiger partial charge >= 0.3 is 0 Å². The zero-order valence-corrected chi connectivity index (χ0v) is 12.8. The average molecular weight is 278 g/mol. The lowest BCUT2D eigenvalue weighted by Crippen LogP contribution is -2.22. The summed E-state index contributed by atoms with van der Waals surface area (Å²) in [6.07, 6.45) is 7.51. The number of hydrogen-bond acceptors (Lipinski definition) is 4. The van der Waals surface area contributed by atoms with E-state index in [0.717, 1.165) is 17.1 Å². The van der Waals surface area contributed by atoms with Gasteiger partial charge in [-0.15, -0.1) is 0 Å². The first-order valence-electron chi connectivity index (χ1n) is 7.76. The number of aliphatic hydroxyl groups excluding tert-OH is 1. The number of ether oxygens (including phenoxy) is 1. The highest BCUT2D eigenvalue weighted by Crippen LogP contribution is 2.35. The number of hydrogen-bond donors (Lipinski definition) is 1. The van der Waals surface area contributed by atoms with Gasteiger partial charge in [0.25, 0.3) is 0 Å². The lowest BCUT2D eigenvalue weighted by atomic mass is 9.85. The predicted octanol–water partition coefficient (Wildman–Crippen LogP) is 3.50. The van der Waals surface area contributed by atoms with Gasteiger partial charge in [0.1, 0.15) is 6.10 Å². The zero-order valence-electron chi connectivity index (χ0n) is 12.8. The van der Waals surface area contributed by atoms with E-state index in [4.69, 9.17) is 4.74 Å². The van der Waals surface area contributed by atoms with Crippen LogP contribution in [0.1, 0.15) is 75.2 Å². The van der Waals surface area contributed by atoms with Crippen molar-refractivity contribution < 1.29 is 9.84 Å². The highest BCUT2D eigenvalue weighted by molar-refractivity contribution is 5.19. The van der Waals surface area contributed by atoms with E-state index in [-0.39, 0.29) is 6.10 Å². The van der Waals surface area contributed by atoms with Gasteiger partial charge in [0, 0.05) is 24.1 Å². The Hall–Kier alpha value is -1.00. The summed E-state index contributed by atoms with van der Waals surface area (Å²) >= 11 is 0. The third-order valence-corrected chi connectivity index (χ3v) is 4.16. The highest BCUT2D eigenvalue weighted by atomic mass is 16.5. The molecule has 0 spiro atoms. The molecule has 0 radical (unpaired) electrons. The van der Waals surface area contributed by atoms with E-state index < -0.39 is 6.10 Å². The minimum atomic E-state index is -0.524. The van der Waals surface area contributed by atoms with E-state index in [2.05, 4.69) is 9.97 Å². The van der Waals surface area contributed by atoms with Crippen molar-refractivity contribution in [1.82, 2.24) is 9.97 Å². The molecule has 0 saturated heterocycles. The molecule has 2 rings (SSSR count). The summed E-state index contributed by atoms with van der Waals surface area (Å²) < 4.78 is 5.94. The summed E-state index contributed by atoms with van der Waals surface area (Å²) in [5.74, 6) is 1.31. The number of rotatable bonds is 5. The van der Waals surface area contributed by atoms with Gasteiger partial charge in [0.15, 0.2) is 5.82 Å². The fourth-order valence-corrected chi connectivity index (χ4v) is 3.08. The molecule has 1 aliphatic rings. The Morgan fingerprint density at radius 1 is 1.35 bits per heavy atom. The highest BCUT2D eigenvalue weighted by Gasteiger charge is 2.28. The number of aliphatic hydroxyl groups is 1. The van der Waals surface area contributed by atoms with Crippen molar-refractivity contribution in [2.75, 3.05) is 6.61 Å². The molecule has 1 N–H and O–H groups in total. The third kappa shape index (κ3) is 3.55. The Morgan fingerprint density at radius 2 is 2.05 bits per heavy atom. The molecular formula is C16H26N2O2. The molecule has 1 aromatic rings. The molecular weight excluding hydrogens is 252 g/mol. The van der Waals surface area contributed by atoms with Crippen LogP contribution in [0.2, 0.25) is 0 Å². The molecule has 4 nitrogen and oxygen atoms in total. The molecule has 1 saturated carbocycles. The average Bonchev–Trinajstić information content (AvgIpc) is 2.45. The first-order valence-corrected chi connectivity index (χ1v) is 7.76. The lowest BCUT2D eigenvalue weighted by Gasteiger charge is -2.29. The quantitative estimate of drug-likeness (QED) is 0.895. The van der Waals surface area contributed by atoms with Gasteiger partial charge in [0.05, 0.1) is 6.10 Å². The topological polar surface area (TPSA) is 55.2 Å². The first-order chi connectivity index (χ1) is 9.63. The van der Waals surface area contributed by atoms with Crippen molar-refractivity contribution in [3.8, 4) is 0 Å². The molecule has 1 aromatic heterocycles. The van der Waals surface area contributed by atoms with Gasteiger partial charge in [-0.05, 0) is 39.5 Å². The molecule has 1 unspecified atom stereocenters. The standard InChI is InChI=1S/C16H26N2O2/c1-4-20-15(13-8-6-5-7-9-13)16-17-10-14(12(3)19)11(2)18-16/h10,12-13,15,19H,4-9H2,1-3H3/t12-,15?/m0/s1. The summed E-state index contributed by atoms with van der Waals surface area (Å²) in [4.78, 5) is 9.05. The maximum Gasteiger partial charge on any atom is 0.157 e. The van der Waals surface area contributed by atoms with E-state index in [1.54, 1.807) is 13.1 Å². The van der Waals surface area contributed by atoms with Crippen LogP contribution >= 0.6 is 0 Å². The SMILES string of the molecule is CCOC(c1ncc([C@H](C)O)c(C)n1)C1CCCCC1. The molecule has 1 aliphatic carbocycles. The van der Waals surface area contributed by atoms with Crippen molar-refractivity contribution in [3.05, 3.63) is 23.3 Å². The predicted molar refractivity (Wildman–Crippen MR) is 78.3 cm³/mol. The molecule has 4 heteroatoms. The van der Waals surface area contributed by atoms with Crippen LogP contribution in [0.15, 0.2) is 6.20 Å². The van der Waals surface area contributed by atoms with E-state index in [9.17, 15) is 5.11 Å². The summed E-state index contributed by atoms with van der Waals surface area (Å²) in [7, 11) is 0. The summed E-state index contributed by atoms with van der Waals surface area (Å²) in [5, 5.41) is 9.67. The van der Waals surface area contributed by atoms with Crippen molar-refractivity contribution in [1.29, 1.82) is 0 Å². The molecule has 112 valence electrons. The van der Waals surface area contributed by atoms with Gasteiger partial charge in [-0.1, -0.05) is 19.3 Å². The Balaban J connectivity index is 2.22. The van der Waals surface area contributed by atoms with Crippen LogP contribution in [0.4, 0.5) is 0 Å². The number of aromatic nitrogens is 2. The summed E-state index contributed by atoms with van der Waals surface area (Å²) in [5.41, 5.74) is 1.65. The van der Waals surface area contributed by atoms with Crippen molar-refractivity contribution in [2.24, 2.45) is 5.92 Å². The van der Waals surface area contributed by atoms with Crippen LogP contribution in [0.3, 0.4) is 0 Å². The maximum atomic E-state index is 9.67. The van der Waals surface area contributed by atoms with Crippen LogP contribution in [0.5, 0.6) is 0 Å². The smallest absolute Gasteiger partial charge is 0.157 e. The van der Waals surface area contributed by atoms with Gasteiger partial charge in [0.2, 0.25) is 0 Å². The molecule has 0 bridgehead atoms. The van der Waals surface area contributed by atoms with Gasteiger partial charge in [-0.2, -0.15) is 0 Å². The van der Waals surface area contributed by atoms with Gasteiger partial charge < -0.3 is 9.84 Å². The fraction of sp³-hybridized carbons (Fsp3) is 0.750. The third-order valence-electron chi connectivity index (χ3n) is 4.16. The van der Waals surface area contributed by atoms with Crippen molar-refractivity contribution in [2.45, 2.75) is 65.1 Å². The molecule has 20 heavy (non-hydrogen) atoms. The second kappa shape index (κ2) is 7.14. The molecule has 1 fully saturated rings. The largest absolute Gasteiger partial charge is 0.389 e. The van der Waals surface area contributed by atoms with E-state index in [1.165, 1.54) is 32.1 Å². The lowest BCUT2D eigenvalue weighted by molar-refractivity contribution is -0.000404. The van der Waals surface area contributed by atoms with Crippen molar-refractivity contribution >= 4 is 0 Å². The maximum absolute atomic E-state index is 9.67. The molecule has 0 aromatic carbocycles. The van der Waals surface area contributed by atoms with Crippen LogP contribution in [0.25, 0.3) is 0 Å². The van der Waals surface area contributed by atoms with Gasteiger partial charge in [-0.3, -0.25) is 0 Å². The van der Waals surface area contributed by atoms with Crippen LogP contribution in [-0.4, -0.2) is 21.7 Å². The van der Waals surface area contributed by atoms with Gasteiger partial charge in [-0.25, -0.2) is 9.97 Å². The number of nitrogens with zero attached hydrogens (tertiary/aromatic N) is 2. The fourth-order valence-electron chi connectivity index (χ4n) is 3.08. The van der Waals surface area contributed by atoms with Crippen LogP contribution in [-0.2, 0) is 4.74 Å². The normalized spacial score (nSPS) is 19.8. The molecule has 1 heterocycles. The molecule has 0 amide bonds. The Morgan fingerprint density at radius 3 is 2.60 bits per heavy atom. The van der Waals surface area contributed by atoms with Crippen LogP contribution < -0.4 is 0 Å². The van der Waals surface area contributed by atoms with Crippen molar-refractivity contribution in [3.63, 3.8) is 0 Å². The zero-order chi connectivity index (χ0) is 14.5. The minimum Gasteiger partial charge on any atom is -0.389 e. The second-order valence-electron chi connectivity index (χ2n) is 5.72. The Kier molecular flexibility index (Phi) is 5.49. The first kappa shape index (κ1) is 15.4. The summed E-state index contributed by atoms with van der Waals surface area (Å²) in [6, 6.07) is 0. The monoisotopic (exact) mass is 278 g/mol. The second-order valence-corrected chi connectivity index (χ2v) is 5.72. The molecule has 2 atom stereocenters.